The molecule has 0 aliphatic carbocycles. The second-order valence-corrected chi connectivity index (χ2v) is 7.74. The summed E-state index contributed by atoms with van der Waals surface area (Å²) in [6.07, 6.45) is 4.91. The first kappa shape index (κ1) is 16.8. The molecule has 8 heteroatoms. The van der Waals surface area contributed by atoms with Crippen LogP contribution in [0.1, 0.15) is 5.56 Å². The van der Waals surface area contributed by atoms with Gasteiger partial charge >= 0.3 is 0 Å². The van der Waals surface area contributed by atoms with Crippen molar-refractivity contribution in [2.24, 2.45) is 0 Å². The lowest BCUT2D eigenvalue weighted by molar-refractivity contribution is 0.222. The molecule has 7 nitrogen and oxygen atoms in total. The number of nitrogens with zero attached hydrogens (tertiary/aromatic N) is 4. The summed E-state index contributed by atoms with van der Waals surface area (Å²) in [6.45, 7) is 3.11. The number of rotatable bonds is 5. The van der Waals surface area contributed by atoms with Crippen LogP contribution in [-0.2, 0) is 16.6 Å². The smallest absolute Gasteiger partial charge is 0.244 e. The maximum absolute atomic E-state index is 12.6. The molecule has 0 spiro atoms. The minimum absolute atomic E-state index is 0.235. The predicted molar refractivity (Wildman–Crippen MR) is 92.1 cm³/mol. The lowest BCUT2D eigenvalue weighted by atomic mass is 10.3. The molecule has 1 fully saturated rings. The van der Waals surface area contributed by atoms with Gasteiger partial charge in [0.2, 0.25) is 10.0 Å². The number of pyridine rings is 2. The van der Waals surface area contributed by atoms with Crippen LogP contribution in [-0.4, -0.2) is 60.8 Å². The van der Waals surface area contributed by atoms with Crippen molar-refractivity contribution in [3.8, 4) is 0 Å². The van der Waals surface area contributed by atoms with E-state index in [1.807, 2.05) is 19.2 Å². The van der Waals surface area contributed by atoms with Gasteiger partial charge in [0.1, 0.15) is 10.7 Å². The molecule has 1 saturated heterocycles. The number of anilines is 1. The summed E-state index contributed by atoms with van der Waals surface area (Å²) in [4.78, 5) is 10.6. The van der Waals surface area contributed by atoms with Gasteiger partial charge < -0.3 is 10.2 Å². The Morgan fingerprint density at radius 2 is 1.92 bits per heavy atom. The second kappa shape index (κ2) is 7.25. The number of nitrogens with one attached hydrogen (secondary N) is 1. The van der Waals surface area contributed by atoms with Crippen molar-refractivity contribution < 1.29 is 8.42 Å². The van der Waals surface area contributed by atoms with Gasteiger partial charge in [-0.05, 0) is 30.8 Å². The van der Waals surface area contributed by atoms with Crippen LogP contribution in [0.25, 0.3) is 0 Å². The zero-order chi connectivity index (χ0) is 17.0. The molecule has 0 unspecified atom stereocenters. The zero-order valence-electron chi connectivity index (χ0n) is 13.6. The lowest BCUT2D eigenvalue weighted by Gasteiger charge is -2.31. The molecule has 0 amide bonds. The van der Waals surface area contributed by atoms with Gasteiger partial charge in [-0.15, -0.1) is 0 Å². The Balaban J connectivity index is 1.65. The third-order valence-corrected chi connectivity index (χ3v) is 5.91. The summed E-state index contributed by atoms with van der Waals surface area (Å²) in [5, 5.41) is 3.16. The summed E-state index contributed by atoms with van der Waals surface area (Å²) in [7, 11) is -1.47. The molecule has 3 rings (SSSR count). The molecule has 1 aliphatic heterocycles. The topological polar surface area (TPSA) is 78.4 Å². The van der Waals surface area contributed by atoms with Crippen LogP contribution in [0.4, 0.5) is 5.82 Å². The Bertz CT molecular complexity index is 757. The molecule has 1 aliphatic rings. The summed E-state index contributed by atoms with van der Waals surface area (Å²) < 4.78 is 26.8. The Morgan fingerprint density at radius 1 is 1.12 bits per heavy atom. The number of hydrogen-bond acceptors (Lipinski definition) is 6. The normalized spacial score (nSPS) is 16.9. The number of aromatic nitrogens is 2. The van der Waals surface area contributed by atoms with Gasteiger partial charge in [0.05, 0.1) is 0 Å². The maximum Gasteiger partial charge on any atom is 0.244 e. The first-order valence-corrected chi connectivity index (χ1v) is 9.27. The molecule has 0 radical (unpaired) electrons. The van der Waals surface area contributed by atoms with Crippen LogP contribution >= 0.6 is 0 Å². The summed E-state index contributed by atoms with van der Waals surface area (Å²) in [5.74, 6) is 0.635. The number of piperazine rings is 1. The van der Waals surface area contributed by atoms with Gasteiger partial charge in [0.25, 0.3) is 0 Å². The van der Waals surface area contributed by atoms with Gasteiger partial charge in [0.15, 0.2) is 0 Å². The molecule has 0 atom stereocenters. The van der Waals surface area contributed by atoms with Crippen molar-refractivity contribution in [1.29, 1.82) is 0 Å². The van der Waals surface area contributed by atoms with Crippen LogP contribution < -0.4 is 5.32 Å². The molecular weight excluding hydrogens is 326 g/mol. The Morgan fingerprint density at radius 3 is 2.54 bits per heavy atom. The fourth-order valence-electron chi connectivity index (χ4n) is 2.51. The third kappa shape index (κ3) is 3.89. The van der Waals surface area contributed by atoms with Crippen molar-refractivity contribution in [2.45, 2.75) is 11.4 Å². The Kier molecular flexibility index (Phi) is 5.08. The highest BCUT2D eigenvalue weighted by Gasteiger charge is 2.27. The van der Waals surface area contributed by atoms with E-state index < -0.39 is 10.0 Å². The molecule has 0 saturated carbocycles. The van der Waals surface area contributed by atoms with E-state index in [1.165, 1.54) is 10.5 Å². The highest BCUT2D eigenvalue weighted by molar-refractivity contribution is 7.89. The lowest BCUT2D eigenvalue weighted by Crippen LogP contribution is -2.47. The molecule has 2 aromatic rings. The van der Waals surface area contributed by atoms with Gasteiger partial charge in [-0.2, -0.15) is 4.31 Å². The van der Waals surface area contributed by atoms with Crippen LogP contribution in [0.2, 0.25) is 0 Å². The summed E-state index contributed by atoms with van der Waals surface area (Å²) in [6, 6.07) is 7.13. The first-order chi connectivity index (χ1) is 11.6. The number of sulfonamides is 1. The van der Waals surface area contributed by atoms with Crippen molar-refractivity contribution in [2.75, 3.05) is 38.5 Å². The van der Waals surface area contributed by atoms with Gasteiger partial charge in [-0.1, -0.05) is 6.07 Å². The van der Waals surface area contributed by atoms with E-state index in [9.17, 15) is 8.42 Å². The van der Waals surface area contributed by atoms with Crippen molar-refractivity contribution in [3.05, 3.63) is 48.4 Å². The molecule has 0 aromatic carbocycles. The van der Waals surface area contributed by atoms with E-state index in [0.717, 1.165) is 18.7 Å². The average molecular weight is 347 g/mol. The largest absolute Gasteiger partial charge is 0.366 e. The maximum atomic E-state index is 12.6. The molecule has 1 N–H and O–H groups in total. The van der Waals surface area contributed by atoms with Crippen LogP contribution in [0, 0.1) is 0 Å². The van der Waals surface area contributed by atoms with E-state index in [1.54, 1.807) is 24.5 Å². The van der Waals surface area contributed by atoms with E-state index in [0.29, 0.717) is 25.5 Å². The van der Waals surface area contributed by atoms with Crippen molar-refractivity contribution in [1.82, 2.24) is 19.2 Å². The van der Waals surface area contributed by atoms with Gasteiger partial charge in [0, 0.05) is 51.3 Å². The van der Waals surface area contributed by atoms with E-state index in [2.05, 4.69) is 20.2 Å². The average Bonchev–Trinajstić information content (AvgIpc) is 2.61. The van der Waals surface area contributed by atoms with Crippen molar-refractivity contribution in [3.63, 3.8) is 0 Å². The fourth-order valence-corrected chi connectivity index (χ4v) is 3.88. The highest BCUT2D eigenvalue weighted by Crippen LogP contribution is 2.18. The Hall–Kier alpha value is -2.03. The van der Waals surface area contributed by atoms with Crippen LogP contribution in [0.15, 0.2) is 47.8 Å². The minimum Gasteiger partial charge on any atom is -0.366 e. The second-order valence-electron chi connectivity index (χ2n) is 5.80. The monoisotopic (exact) mass is 347 g/mol. The van der Waals surface area contributed by atoms with E-state index in [4.69, 9.17) is 0 Å². The van der Waals surface area contributed by atoms with E-state index >= 15 is 0 Å². The van der Waals surface area contributed by atoms with Crippen LogP contribution in [0.5, 0.6) is 0 Å². The molecule has 128 valence electrons. The number of hydrogen-bond donors (Lipinski definition) is 1. The van der Waals surface area contributed by atoms with Crippen molar-refractivity contribution >= 4 is 15.8 Å². The predicted octanol–water partition coefficient (Wildman–Crippen LogP) is 1.02. The highest BCUT2D eigenvalue weighted by atomic mass is 32.2. The summed E-state index contributed by atoms with van der Waals surface area (Å²) >= 11 is 0. The quantitative estimate of drug-likeness (QED) is 0.870. The fraction of sp³-hybridized carbons (Fsp3) is 0.375. The molecule has 2 aromatic heterocycles. The molecule has 24 heavy (non-hydrogen) atoms. The molecule has 0 bridgehead atoms. The number of likely N-dealkylation sites (N-methyl/N-ethyl adjacent to an activating group) is 1. The summed E-state index contributed by atoms with van der Waals surface area (Å²) in [5.41, 5.74) is 1.04. The standard InChI is InChI=1S/C16H21N5O2S/c1-20-7-9-21(10-8-20)24(22,23)15-4-5-16(19-13-15)18-12-14-3-2-6-17-11-14/h2-6,11,13H,7-10,12H2,1H3,(H,18,19). The third-order valence-electron chi connectivity index (χ3n) is 4.03. The zero-order valence-corrected chi connectivity index (χ0v) is 14.4. The first-order valence-electron chi connectivity index (χ1n) is 7.83. The van der Waals surface area contributed by atoms with Crippen LogP contribution in [0.3, 0.4) is 0 Å². The van der Waals surface area contributed by atoms with Gasteiger partial charge in [-0.25, -0.2) is 13.4 Å². The molecular formula is C16H21N5O2S. The SMILES string of the molecule is CN1CCN(S(=O)(=O)c2ccc(NCc3cccnc3)nc2)CC1. The van der Waals surface area contributed by atoms with Gasteiger partial charge in [-0.3, -0.25) is 4.98 Å². The Labute approximate surface area is 142 Å². The minimum atomic E-state index is -3.46. The van der Waals surface area contributed by atoms with E-state index in [-0.39, 0.29) is 4.90 Å². The molecule has 3 heterocycles.